The van der Waals surface area contributed by atoms with E-state index >= 15 is 0 Å². The predicted octanol–water partition coefficient (Wildman–Crippen LogP) is 4.70. The van der Waals surface area contributed by atoms with Gasteiger partial charge >= 0.3 is 0 Å². The Kier molecular flexibility index (Phi) is 9.41. The maximum Gasteiger partial charge on any atom is 0.197 e. The molecule has 1 aromatic carbocycles. The van der Waals surface area contributed by atoms with E-state index in [1.54, 1.807) is 0 Å². The van der Waals surface area contributed by atoms with Gasteiger partial charge in [-0.15, -0.1) is 12.3 Å². The second-order valence-electron chi connectivity index (χ2n) is 5.71. The van der Waals surface area contributed by atoms with E-state index in [0.29, 0.717) is 19.6 Å². The van der Waals surface area contributed by atoms with E-state index in [1.807, 2.05) is 18.2 Å². The van der Waals surface area contributed by atoms with Crippen LogP contribution in [0.3, 0.4) is 0 Å². The molecule has 4 heteroatoms. The molecule has 0 aliphatic rings. The number of terminal acetylenes is 1. The Bertz CT molecular complexity index is 480. The molecule has 0 aliphatic heterocycles. The van der Waals surface area contributed by atoms with E-state index in [-0.39, 0.29) is 6.10 Å². The van der Waals surface area contributed by atoms with Gasteiger partial charge in [-0.25, -0.2) is 0 Å². The fourth-order valence-electron chi connectivity index (χ4n) is 1.87. The molecule has 0 aliphatic carbocycles. The summed E-state index contributed by atoms with van der Waals surface area (Å²) in [5.74, 6) is 2.69. The van der Waals surface area contributed by atoms with Crippen molar-refractivity contribution in [2.45, 2.75) is 38.6 Å². The summed E-state index contributed by atoms with van der Waals surface area (Å²) in [5, 5.41) is 0. The van der Waals surface area contributed by atoms with Crippen LogP contribution in [0.15, 0.2) is 42.5 Å². The SMILES string of the molecule is C#CCC(/C=C/CCOCc1ccccc1)O[Si](C)(C)CBr. The van der Waals surface area contributed by atoms with Gasteiger partial charge in [-0.05, 0) is 25.1 Å². The van der Waals surface area contributed by atoms with Crippen molar-refractivity contribution in [2.24, 2.45) is 0 Å². The molecule has 0 radical (unpaired) electrons. The fraction of sp³-hybridized carbons (Fsp3) is 0.444. The van der Waals surface area contributed by atoms with Crippen LogP contribution in [-0.4, -0.2) is 26.0 Å². The smallest absolute Gasteiger partial charge is 0.197 e. The highest BCUT2D eigenvalue weighted by molar-refractivity contribution is 9.09. The molecule has 0 aromatic heterocycles. The Morgan fingerprint density at radius 1 is 1.32 bits per heavy atom. The Hall–Kier alpha value is -0.863. The van der Waals surface area contributed by atoms with Crippen molar-refractivity contribution >= 4 is 24.2 Å². The van der Waals surface area contributed by atoms with Gasteiger partial charge in [0.25, 0.3) is 0 Å². The third-order valence-corrected chi connectivity index (χ3v) is 8.64. The first-order valence-corrected chi connectivity index (χ1v) is 11.8. The molecule has 0 heterocycles. The second-order valence-corrected chi connectivity index (χ2v) is 11.4. The van der Waals surface area contributed by atoms with Crippen LogP contribution in [0.2, 0.25) is 13.1 Å². The molecule has 0 spiro atoms. The van der Waals surface area contributed by atoms with E-state index in [1.165, 1.54) is 5.56 Å². The molecule has 0 amide bonds. The molecule has 1 aromatic rings. The van der Waals surface area contributed by atoms with E-state index < -0.39 is 8.32 Å². The largest absolute Gasteiger partial charge is 0.409 e. The van der Waals surface area contributed by atoms with Gasteiger partial charge < -0.3 is 9.16 Å². The number of benzene rings is 1. The quantitative estimate of drug-likeness (QED) is 0.192. The highest BCUT2D eigenvalue weighted by Crippen LogP contribution is 2.14. The van der Waals surface area contributed by atoms with Gasteiger partial charge in [0.2, 0.25) is 0 Å². The van der Waals surface area contributed by atoms with Gasteiger partial charge in [0.15, 0.2) is 8.32 Å². The van der Waals surface area contributed by atoms with Crippen molar-refractivity contribution in [3.63, 3.8) is 0 Å². The number of rotatable bonds is 10. The van der Waals surface area contributed by atoms with Crippen LogP contribution in [0.5, 0.6) is 0 Å². The number of hydrogen-bond donors (Lipinski definition) is 0. The van der Waals surface area contributed by atoms with E-state index in [0.717, 1.165) is 11.4 Å². The summed E-state index contributed by atoms with van der Waals surface area (Å²) in [5.41, 5.74) is 1.20. The molecule has 1 atom stereocenters. The first-order valence-electron chi connectivity index (χ1n) is 7.53. The molecular formula is C18H25BrO2Si. The van der Waals surface area contributed by atoms with Gasteiger partial charge in [0, 0.05) is 11.4 Å². The highest BCUT2D eigenvalue weighted by Gasteiger charge is 2.23. The van der Waals surface area contributed by atoms with Gasteiger partial charge in [-0.3, -0.25) is 0 Å². The van der Waals surface area contributed by atoms with Crippen molar-refractivity contribution < 1.29 is 9.16 Å². The topological polar surface area (TPSA) is 18.5 Å². The zero-order valence-corrected chi connectivity index (χ0v) is 16.0. The Balaban J connectivity index is 2.28. The standard InChI is InChI=1S/C18H25BrO2Si/c1-4-10-18(21-22(2,3)16-19)13-8-9-14-20-15-17-11-6-5-7-12-17/h1,5-8,11-13,18H,9-10,14-16H2,2-3H3/b13-8+. The van der Waals surface area contributed by atoms with Crippen LogP contribution in [0.1, 0.15) is 18.4 Å². The van der Waals surface area contributed by atoms with Crippen molar-refractivity contribution in [3.05, 3.63) is 48.0 Å². The van der Waals surface area contributed by atoms with Gasteiger partial charge in [0.1, 0.15) is 0 Å². The van der Waals surface area contributed by atoms with E-state index in [4.69, 9.17) is 15.6 Å². The molecule has 0 saturated heterocycles. The Morgan fingerprint density at radius 2 is 2.05 bits per heavy atom. The number of hydrogen-bond acceptors (Lipinski definition) is 2. The van der Waals surface area contributed by atoms with Gasteiger partial charge in [-0.1, -0.05) is 58.4 Å². The van der Waals surface area contributed by atoms with Crippen LogP contribution < -0.4 is 0 Å². The average Bonchev–Trinajstić information content (AvgIpc) is 2.51. The minimum atomic E-state index is -1.66. The highest BCUT2D eigenvalue weighted by atomic mass is 79.9. The first-order chi connectivity index (χ1) is 10.6. The van der Waals surface area contributed by atoms with Crippen molar-refractivity contribution in [1.82, 2.24) is 0 Å². The van der Waals surface area contributed by atoms with E-state index in [9.17, 15) is 0 Å². The maximum atomic E-state index is 6.13. The molecule has 0 saturated carbocycles. The monoisotopic (exact) mass is 380 g/mol. The molecular weight excluding hydrogens is 356 g/mol. The van der Waals surface area contributed by atoms with Crippen LogP contribution in [-0.2, 0) is 15.8 Å². The normalized spacial score (nSPS) is 13.2. The van der Waals surface area contributed by atoms with Crippen LogP contribution in [0.25, 0.3) is 0 Å². The molecule has 120 valence electrons. The molecule has 0 bridgehead atoms. The van der Waals surface area contributed by atoms with Crippen LogP contribution in [0, 0.1) is 12.3 Å². The summed E-state index contributed by atoms with van der Waals surface area (Å²) in [4.78, 5) is 0.912. The summed E-state index contributed by atoms with van der Waals surface area (Å²) in [6, 6.07) is 10.2. The fourth-order valence-corrected chi connectivity index (χ4v) is 3.31. The van der Waals surface area contributed by atoms with Crippen molar-refractivity contribution in [3.8, 4) is 12.3 Å². The van der Waals surface area contributed by atoms with Gasteiger partial charge in [0.05, 0.1) is 19.3 Å². The minimum Gasteiger partial charge on any atom is -0.409 e. The summed E-state index contributed by atoms with van der Waals surface area (Å²) in [6.07, 6.45) is 11.1. The Morgan fingerprint density at radius 3 is 2.68 bits per heavy atom. The van der Waals surface area contributed by atoms with Gasteiger partial charge in [-0.2, -0.15) is 0 Å². The lowest BCUT2D eigenvalue weighted by Gasteiger charge is -2.25. The lowest BCUT2D eigenvalue weighted by molar-refractivity contribution is 0.125. The molecule has 1 rings (SSSR count). The Labute approximate surface area is 144 Å². The van der Waals surface area contributed by atoms with Crippen LogP contribution in [0.4, 0.5) is 0 Å². The first kappa shape index (κ1) is 19.2. The van der Waals surface area contributed by atoms with E-state index in [2.05, 4.69) is 59.2 Å². The zero-order valence-electron chi connectivity index (χ0n) is 13.4. The minimum absolute atomic E-state index is 0.0124. The summed E-state index contributed by atoms with van der Waals surface area (Å²) >= 11 is 3.52. The third kappa shape index (κ3) is 8.55. The number of halogens is 1. The maximum absolute atomic E-state index is 6.13. The average molecular weight is 381 g/mol. The molecule has 1 unspecified atom stereocenters. The summed E-state index contributed by atoms with van der Waals surface area (Å²) in [7, 11) is -1.66. The molecule has 2 nitrogen and oxygen atoms in total. The molecule has 0 N–H and O–H groups in total. The lowest BCUT2D eigenvalue weighted by Crippen LogP contribution is -2.37. The lowest BCUT2D eigenvalue weighted by atomic mass is 10.2. The summed E-state index contributed by atoms with van der Waals surface area (Å²) < 4.78 is 11.8. The number of ether oxygens (including phenoxy) is 1. The summed E-state index contributed by atoms with van der Waals surface area (Å²) in [6.45, 7) is 5.72. The van der Waals surface area contributed by atoms with Crippen LogP contribution >= 0.6 is 15.9 Å². The molecule has 22 heavy (non-hydrogen) atoms. The molecule has 0 fully saturated rings. The van der Waals surface area contributed by atoms with Crippen molar-refractivity contribution in [1.29, 1.82) is 0 Å². The third-order valence-electron chi connectivity index (χ3n) is 3.00. The second kappa shape index (κ2) is 10.8. The number of alkyl halides is 1. The zero-order chi connectivity index (χ0) is 16.3. The predicted molar refractivity (Wildman–Crippen MR) is 99.5 cm³/mol. The van der Waals surface area contributed by atoms with Crippen molar-refractivity contribution in [2.75, 3.05) is 11.6 Å².